The molecule has 6 nitrogen and oxygen atoms in total. The van der Waals surface area contributed by atoms with Crippen LogP contribution in [0.4, 0.5) is 8.78 Å². The van der Waals surface area contributed by atoms with Crippen molar-refractivity contribution in [1.82, 2.24) is 0 Å². The predicted octanol–water partition coefficient (Wildman–Crippen LogP) is 4.13. The summed E-state index contributed by atoms with van der Waals surface area (Å²) in [5.41, 5.74) is 1.32. The number of halogens is 2. The van der Waals surface area contributed by atoms with Gasteiger partial charge < -0.3 is 29.9 Å². The highest BCUT2D eigenvalue weighted by Gasteiger charge is 2.33. The first-order valence-electron chi connectivity index (χ1n) is 9.31. The summed E-state index contributed by atoms with van der Waals surface area (Å²) >= 11 is 0. The molecule has 3 aromatic rings. The number of hydrogen-bond acceptors (Lipinski definition) is 6. The van der Waals surface area contributed by atoms with Crippen LogP contribution in [0.15, 0.2) is 48.5 Å². The summed E-state index contributed by atoms with van der Waals surface area (Å²) < 4.78 is 39.2. The number of rotatable bonds is 4. The topological polar surface area (TPSA) is 99.4 Å². The van der Waals surface area contributed by atoms with Crippen LogP contribution in [-0.4, -0.2) is 33.1 Å². The summed E-state index contributed by atoms with van der Waals surface area (Å²) in [4.78, 5) is 0. The van der Waals surface area contributed by atoms with Crippen molar-refractivity contribution < 1.29 is 38.7 Å². The Morgan fingerprint density at radius 2 is 1.42 bits per heavy atom. The number of aromatic hydroxyl groups is 3. The average Bonchev–Trinajstić information content (AvgIpc) is 2.74. The number of fused-ring (bicyclic) bond motifs is 1. The van der Waals surface area contributed by atoms with Gasteiger partial charge in [0.2, 0.25) is 0 Å². The van der Waals surface area contributed by atoms with Crippen molar-refractivity contribution in [2.75, 3.05) is 6.61 Å². The molecule has 1 aliphatic rings. The largest absolute Gasteiger partial charge is 0.508 e. The summed E-state index contributed by atoms with van der Waals surface area (Å²) in [6.45, 7) is -0.461. The SMILES string of the molecule is OC[C@@H]1Oc2ccc(/C=C/c3cc(O)cc(O)c3)cc2O[C@H]1c1cc(F)c(O)c(F)c1. The zero-order valence-corrected chi connectivity index (χ0v) is 16.0. The molecule has 0 saturated carbocycles. The Morgan fingerprint density at radius 3 is 2.06 bits per heavy atom. The molecule has 0 unspecified atom stereocenters. The summed E-state index contributed by atoms with van der Waals surface area (Å²) in [5.74, 6) is -2.89. The zero-order chi connectivity index (χ0) is 22.1. The minimum Gasteiger partial charge on any atom is -0.508 e. The third-order valence-electron chi connectivity index (χ3n) is 4.78. The molecule has 0 saturated heterocycles. The Labute approximate surface area is 175 Å². The maximum atomic E-state index is 13.8. The lowest BCUT2D eigenvalue weighted by molar-refractivity contribution is -0.0126. The fraction of sp³-hybridized carbons (Fsp3) is 0.130. The van der Waals surface area contributed by atoms with Gasteiger partial charge in [0.05, 0.1) is 6.61 Å². The van der Waals surface area contributed by atoms with E-state index in [1.807, 2.05) is 0 Å². The highest BCUT2D eigenvalue weighted by atomic mass is 19.1. The number of hydrogen-bond donors (Lipinski definition) is 4. The van der Waals surface area contributed by atoms with Gasteiger partial charge >= 0.3 is 0 Å². The van der Waals surface area contributed by atoms with E-state index in [2.05, 4.69) is 0 Å². The van der Waals surface area contributed by atoms with Crippen LogP contribution in [0.3, 0.4) is 0 Å². The standard InChI is InChI=1S/C23H18F2O6/c24-17-8-14(9-18(25)22(17)29)23-21(11-26)30-19-4-3-12(7-20(19)31-23)1-2-13-5-15(27)10-16(28)6-13/h1-10,21,23,26-29H,11H2/b2-1+/t21-,23-/m0/s1. The number of aliphatic hydroxyl groups is 1. The van der Waals surface area contributed by atoms with Gasteiger partial charge in [-0.3, -0.25) is 0 Å². The lowest BCUT2D eigenvalue weighted by Gasteiger charge is -2.33. The third-order valence-corrected chi connectivity index (χ3v) is 4.78. The lowest BCUT2D eigenvalue weighted by atomic mass is 10.0. The molecule has 0 fully saturated rings. The first-order valence-corrected chi connectivity index (χ1v) is 9.31. The maximum Gasteiger partial charge on any atom is 0.187 e. The molecule has 0 aromatic heterocycles. The first-order chi connectivity index (χ1) is 14.8. The highest BCUT2D eigenvalue weighted by molar-refractivity contribution is 5.72. The van der Waals surface area contributed by atoms with Gasteiger partial charge in [-0.15, -0.1) is 0 Å². The van der Waals surface area contributed by atoms with E-state index in [4.69, 9.17) is 9.47 Å². The van der Waals surface area contributed by atoms with E-state index in [0.29, 0.717) is 22.6 Å². The first kappa shape index (κ1) is 20.5. The van der Waals surface area contributed by atoms with E-state index >= 15 is 0 Å². The molecule has 4 N–H and O–H groups in total. The van der Waals surface area contributed by atoms with Crippen molar-refractivity contribution in [3.8, 4) is 28.7 Å². The number of phenols is 3. The molecule has 0 radical (unpaired) electrons. The Balaban J connectivity index is 1.64. The van der Waals surface area contributed by atoms with Crippen molar-refractivity contribution in [2.24, 2.45) is 0 Å². The predicted molar refractivity (Wildman–Crippen MR) is 108 cm³/mol. The summed E-state index contributed by atoms with van der Waals surface area (Å²) in [7, 11) is 0. The Hall–Kier alpha value is -3.78. The quantitative estimate of drug-likeness (QED) is 0.467. The van der Waals surface area contributed by atoms with Crippen molar-refractivity contribution in [3.63, 3.8) is 0 Å². The molecule has 0 bridgehead atoms. The van der Waals surface area contributed by atoms with Crippen LogP contribution >= 0.6 is 0 Å². The van der Waals surface area contributed by atoms with Gasteiger partial charge in [-0.2, -0.15) is 0 Å². The lowest BCUT2D eigenvalue weighted by Crippen LogP contribution is -2.36. The number of aliphatic hydroxyl groups excluding tert-OH is 1. The van der Waals surface area contributed by atoms with Crippen LogP contribution in [0.1, 0.15) is 22.8 Å². The minimum absolute atomic E-state index is 0.0636. The Morgan fingerprint density at radius 1 is 0.774 bits per heavy atom. The summed E-state index contributed by atoms with van der Waals surface area (Å²) in [6.07, 6.45) is 1.46. The fourth-order valence-corrected chi connectivity index (χ4v) is 3.33. The van der Waals surface area contributed by atoms with Crippen LogP contribution < -0.4 is 9.47 Å². The molecule has 3 aromatic carbocycles. The molecule has 4 rings (SSSR count). The molecule has 2 atom stereocenters. The van der Waals surface area contributed by atoms with Gasteiger partial charge in [-0.1, -0.05) is 18.2 Å². The monoisotopic (exact) mass is 428 g/mol. The van der Waals surface area contributed by atoms with Crippen molar-refractivity contribution in [3.05, 3.63) is 76.9 Å². The van der Waals surface area contributed by atoms with Gasteiger partial charge in [0.15, 0.2) is 41.1 Å². The molecule has 0 aliphatic carbocycles. The third kappa shape index (κ3) is 4.24. The van der Waals surface area contributed by atoms with Gasteiger partial charge in [0.1, 0.15) is 11.5 Å². The summed E-state index contributed by atoms with van der Waals surface area (Å²) in [6, 6.07) is 11.0. The Bertz CT molecular complexity index is 1120. The van der Waals surface area contributed by atoms with Crippen LogP contribution in [0.2, 0.25) is 0 Å². The van der Waals surface area contributed by atoms with Gasteiger partial charge in [0.25, 0.3) is 0 Å². The molecule has 8 heteroatoms. The number of phenolic OH excluding ortho intramolecular Hbond substituents is 3. The molecular formula is C23H18F2O6. The molecule has 31 heavy (non-hydrogen) atoms. The van der Waals surface area contributed by atoms with Crippen molar-refractivity contribution in [2.45, 2.75) is 12.2 Å². The second kappa shape index (κ2) is 8.16. The molecular weight excluding hydrogens is 410 g/mol. The van der Waals surface area contributed by atoms with Gasteiger partial charge in [-0.05, 0) is 47.5 Å². The smallest absolute Gasteiger partial charge is 0.187 e. The second-order valence-electron chi connectivity index (χ2n) is 7.03. The molecule has 0 amide bonds. The fourth-order valence-electron chi connectivity index (χ4n) is 3.33. The van der Waals surface area contributed by atoms with Gasteiger partial charge in [-0.25, -0.2) is 8.78 Å². The van der Waals surface area contributed by atoms with E-state index in [1.165, 1.54) is 18.2 Å². The van der Waals surface area contributed by atoms with Gasteiger partial charge in [0, 0.05) is 11.6 Å². The van der Waals surface area contributed by atoms with E-state index in [9.17, 15) is 29.2 Å². The minimum atomic E-state index is -1.15. The highest BCUT2D eigenvalue weighted by Crippen LogP contribution is 2.41. The molecule has 0 spiro atoms. The molecule has 160 valence electrons. The second-order valence-corrected chi connectivity index (χ2v) is 7.03. The van der Waals surface area contributed by atoms with Crippen molar-refractivity contribution in [1.29, 1.82) is 0 Å². The van der Waals surface area contributed by atoms with Crippen LogP contribution in [-0.2, 0) is 0 Å². The van der Waals surface area contributed by atoms with Crippen molar-refractivity contribution >= 4 is 12.2 Å². The number of benzene rings is 3. The molecule has 1 heterocycles. The number of ether oxygens (including phenoxy) is 2. The van der Waals surface area contributed by atoms with E-state index < -0.39 is 36.2 Å². The normalized spacial score (nSPS) is 17.8. The molecule has 1 aliphatic heterocycles. The van der Waals surface area contributed by atoms with E-state index in [0.717, 1.165) is 12.1 Å². The zero-order valence-electron chi connectivity index (χ0n) is 16.0. The Kier molecular flexibility index (Phi) is 5.39. The summed E-state index contributed by atoms with van der Waals surface area (Å²) in [5, 5.41) is 38.1. The van der Waals surface area contributed by atoms with Crippen LogP contribution in [0.5, 0.6) is 28.7 Å². The van der Waals surface area contributed by atoms with E-state index in [-0.39, 0.29) is 17.1 Å². The van der Waals surface area contributed by atoms with Crippen LogP contribution in [0, 0.1) is 11.6 Å². The maximum absolute atomic E-state index is 13.8. The van der Waals surface area contributed by atoms with E-state index in [1.54, 1.807) is 30.4 Å². The van der Waals surface area contributed by atoms with Crippen LogP contribution in [0.25, 0.3) is 12.2 Å². The average molecular weight is 428 g/mol.